The number of allylic oxidation sites excluding steroid dienone is 1. The maximum atomic E-state index is 12.1. The summed E-state index contributed by atoms with van der Waals surface area (Å²) < 4.78 is 0. The third-order valence-electron chi connectivity index (χ3n) is 10.5. The fourth-order valence-corrected chi connectivity index (χ4v) is 9.17. The van der Waals surface area contributed by atoms with Crippen LogP contribution in [0.25, 0.3) is 0 Å². The minimum atomic E-state index is -0.793. The zero-order valence-electron chi connectivity index (χ0n) is 17.5. The summed E-state index contributed by atoms with van der Waals surface area (Å²) in [6, 6.07) is 0. The van der Waals surface area contributed by atoms with Gasteiger partial charge in [0, 0.05) is 12.8 Å². The first-order valence-electron chi connectivity index (χ1n) is 12.0. The van der Waals surface area contributed by atoms with Gasteiger partial charge in [-0.15, -0.1) is 0 Å². The molecule has 6 rings (SSSR count). The lowest BCUT2D eigenvalue weighted by Crippen LogP contribution is -2.57. The van der Waals surface area contributed by atoms with Crippen molar-refractivity contribution in [3.8, 4) is 0 Å². The van der Waals surface area contributed by atoms with Crippen LogP contribution in [0.2, 0.25) is 0 Å². The highest BCUT2D eigenvalue weighted by atomic mass is 16.4. The predicted octanol–water partition coefficient (Wildman–Crippen LogP) is 4.22. The molecule has 5 fully saturated rings. The summed E-state index contributed by atoms with van der Waals surface area (Å²) in [5, 5.41) is 21.2. The Morgan fingerprint density at radius 2 is 1.97 bits per heavy atom. The van der Waals surface area contributed by atoms with E-state index in [1.165, 1.54) is 18.4 Å². The molecule has 4 heteroatoms. The molecule has 6 aliphatic rings. The monoisotopic (exact) mass is 398 g/mol. The molecule has 0 bridgehead atoms. The highest BCUT2D eigenvalue weighted by Gasteiger charge is 2.76. The van der Waals surface area contributed by atoms with E-state index in [4.69, 9.17) is 0 Å². The SMILES string of the molecule is C[C@]12CC[C@H]3[C@H]([C@@H]1[C@H]1C[C@H]1[C@@]2(O)CCC(=O)O)[C@H](C1CC1)CC1=CC(=O)CC[C@@H]13. The summed E-state index contributed by atoms with van der Waals surface area (Å²) in [4.78, 5) is 23.4. The molecule has 0 spiro atoms. The van der Waals surface area contributed by atoms with Gasteiger partial charge in [0.1, 0.15) is 0 Å². The largest absolute Gasteiger partial charge is 0.481 e. The van der Waals surface area contributed by atoms with E-state index in [9.17, 15) is 19.8 Å². The number of aliphatic hydroxyl groups is 1. The minimum Gasteiger partial charge on any atom is -0.481 e. The Labute approximate surface area is 173 Å². The lowest BCUT2D eigenvalue weighted by atomic mass is 9.46. The van der Waals surface area contributed by atoms with Crippen LogP contribution in [-0.4, -0.2) is 27.6 Å². The molecule has 6 aliphatic carbocycles. The number of carbonyl (C=O) groups excluding carboxylic acids is 1. The van der Waals surface area contributed by atoms with Gasteiger partial charge in [-0.05, 0) is 110 Å². The summed E-state index contributed by atoms with van der Waals surface area (Å²) >= 11 is 0. The van der Waals surface area contributed by atoms with Crippen LogP contribution >= 0.6 is 0 Å². The lowest BCUT2D eigenvalue weighted by Gasteiger charge is -2.59. The Bertz CT molecular complexity index is 797. The summed E-state index contributed by atoms with van der Waals surface area (Å²) in [7, 11) is 0. The first kappa shape index (κ1) is 18.6. The van der Waals surface area contributed by atoms with Crippen LogP contribution in [0.1, 0.15) is 71.1 Å². The molecule has 0 unspecified atom stereocenters. The van der Waals surface area contributed by atoms with Gasteiger partial charge >= 0.3 is 5.97 Å². The second kappa shape index (κ2) is 5.96. The van der Waals surface area contributed by atoms with Crippen molar-refractivity contribution in [3.05, 3.63) is 11.6 Å². The molecule has 0 saturated heterocycles. The highest BCUT2D eigenvalue weighted by Crippen LogP contribution is 2.77. The van der Waals surface area contributed by atoms with Crippen LogP contribution in [0.3, 0.4) is 0 Å². The fourth-order valence-electron chi connectivity index (χ4n) is 9.17. The number of ketones is 1. The Kier molecular flexibility index (Phi) is 3.82. The molecular weight excluding hydrogens is 364 g/mol. The van der Waals surface area contributed by atoms with Crippen LogP contribution in [0.4, 0.5) is 0 Å². The van der Waals surface area contributed by atoms with Crippen molar-refractivity contribution < 1.29 is 19.8 Å². The molecule has 0 radical (unpaired) electrons. The van der Waals surface area contributed by atoms with Crippen LogP contribution < -0.4 is 0 Å². The van der Waals surface area contributed by atoms with Gasteiger partial charge < -0.3 is 10.2 Å². The van der Waals surface area contributed by atoms with Crippen LogP contribution in [0.5, 0.6) is 0 Å². The number of rotatable bonds is 4. The number of fused-ring (bicyclic) bond motifs is 7. The maximum absolute atomic E-state index is 12.1. The molecule has 0 aromatic heterocycles. The van der Waals surface area contributed by atoms with Crippen molar-refractivity contribution in [2.75, 3.05) is 0 Å². The Morgan fingerprint density at radius 1 is 1.17 bits per heavy atom. The van der Waals surface area contributed by atoms with Crippen molar-refractivity contribution in [3.63, 3.8) is 0 Å². The van der Waals surface area contributed by atoms with Crippen LogP contribution in [0, 0.1) is 52.8 Å². The molecule has 2 N–H and O–H groups in total. The number of hydrogen-bond donors (Lipinski definition) is 2. The molecule has 158 valence electrons. The summed E-state index contributed by atoms with van der Waals surface area (Å²) in [5.74, 6) is 4.44. The smallest absolute Gasteiger partial charge is 0.303 e. The predicted molar refractivity (Wildman–Crippen MR) is 108 cm³/mol. The van der Waals surface area contributed by atoms with Gasteiger partial charge in [0.05, 0.1) is 5.60 Å². The molecule has 0 heterocycles. The topological polar surface area (TPSA) is 74.6 Å². The third-order valence-corrected chi connectivity index (χ3v) is 10.5. The molecule has 5 saturated carbocycles. The van der Waals surface area contributed by atoms with E-state index in [1.54, 1.807) is 0 Å². The number of carboxylic acid groups (broad SMARTS) is 1. The summed E-state index contributed by atoms with van der Waals surface area (Å²) in [6.07, 6.45) is 11.3. The fraction of sp³-hybridized carbons (Fsp3) is 0.840. The minimum absolute atomic E-state index is 0.0831. The molecule has 0 aromatic carbocycles. The zero-order valence-corrected chi connectivity index (χ0v) is 17.5. The van der Waals surface area contributed by atoms with Crippen molar-refractivity contribution in [1.29, 1.82) is 0 Å². The van der Waals surface area contributed by atoms with Crippen molar-refractivity contribution in [2.24, 2.45) is 52.8 Å². The van der Waals surface area contributed by atoms with Crippen LogP contribution in [0.15, 0.2) is 11.6 Å². The summed E-state index contributed by atoms with van der Waals surface area (Å²) in [5.41, 5.74) is 0.531. The average molecular weight is 399 g/mol. The second-order valence-corrected chi connectivity index (χ2v) is 11.6. The normalized spacial score (nSPS) is 52.7. The average Bonchev–Trinajstić information content (AvgIpc) is 3.58. The first-order chi connectivity index (χ1) is 13.8. The summed E-state index contributed by atoms with van der Waals surface area (Å²) in [6.45, 7) is 2.31. The molecule has 0 amide bonds. The molecule has 0 aromatic rings. The Hall–Kier alpha value is -1.16. The number of carboxylic acids is 1. The standard InChI is InChI=1S/C25H34O4/c1-24-8-6-17-16-5-4-15(26)10-14(16)11-18(13-2-3-13)22(17)23(24)19-12-20(19)25(24,29)9-7-21(27)28/h10,13,16-20,22-23,29H,2-9,11-12H2,1H3,(H,27,28)/t16-,17+,18-,19-,20+,22-,23-,24-,25-/m0/s1. The van der Waals surface area contributed by atoms with E-state index in [0.29, 0.717) is 60.1 Å². The Morgan fingerprint density at radius 3 is 2.69 bits per heavy atom. The van der Waals surface area contributed by atoms with Gasteiger partial charge in [0.15, 0.2) is 5.78 Å². The zero-order chi connectivity index (χ0) is 20.1. The van der Waals surface area contributed by atoms with Crippen molar-refractivity contribution >= 4 is 11.8 Å². The molecule has 4 nitrogen and oxygen atoms in total. The molecule has 0 aliphatic heterocycles. The van der Waals surface area contributed by atoms with E-state index in [1.807, 2.05) is 6.08 Å². The van der Waals surface area contributed by atoms with E-state index in [-0.39, 0.29) is 11.8 Å². The maximum Gasteiger partial charge on any atom is 0.303 e. The van der Waals surface area contributed by atoms with E-state index in [0.717, 1.165) is 38.0 Å². The highest BCUT2D eigenvalue weighted by molar-refractivity contribution is 5.91. The number of hydrogen-bond acceptors (Lipinski definition) is 3. The van der Waals surface area contributed by atoms with Crippen molar-refractivity contribution in [1.82, 2.24) is 0 Å². The first-order valence-corrected chi connectivity index (χ1v) is 12.0. The lowest BCUT2D eigenvalue weighted by molar-refractivity contribution is -0.160. The number of aliphatic carboxylic acids is 1. The van der Waals surface area contributed by atoms with Gasteiger partial charge in [0.2, 0.25) is 0 Å². The van der Waals surface area contributed by atoms with E-state index < -0.39 is 11.6 Å². The van der Waals surface area contributed by atoms with Gasteiger partial charge in [-0.2, -0.15) is 0 Å². The van der Waals surface area contributed by atoms with Gasteiger partial charge in [-0.1, -0.05) is 12.5 Å². The molecule has 29 heavy (non-hydrogen) atoms. The van der Waals surface area contributed by atoms with Gasteiger partial charge in [-0.25, -0.2) is 0 Å². The second-order valence-electron chi connectivity index (χ2n) is 11.6. The molecular formula is C25H34O4. The van der Waals surface area contributed by atoms with Crippen LogP contribution in [-0.2, 0) is 9.59 Å². The molecule has 9 atom stereocenters. The number of carbonyl (C=O) groups is 2. The van der Waals surface area contributed by atoms with Gasteiger partial charge in [-0.3, -0.25) is 9.59 Å². The quantitative estimate of drug-likeness (QED) is 0.744. The third kappa shape index (κ3) is 2.47. The van der Waals surface area contributed by atoms with Crippen molar-refractivity contribution in [2.45, 2.75) is 76.7 Å². The van der Waals surface area contributed by atoms with E-state index in [2.05, 4.69) is 6.92 Å². The van der Waals surface area contributed by atoms with Gasteiger partial charge in [0.25, 0.3) is 0 Å². The van der Waals surface area contributed by atoms with E-state index >= 15 is 0 Å². The Balaban J connectivity index is 1.37.